The molecule has 1 atom stereocenters. The van der Waals surface area contributed by atoms with E-state index in [4.69, 9.17) is 0 Å². The van der Waals surface area contributed by atoms with Crippen molar-refractivity contribution in [1.82, 2.24) is 0 Å². The van der Waals surface area contributed by atoms with Gasteiger partial charge in [0.25, 0.3) is 5.69 Å². The van der Waals surface area contributed by atoms with Crippen LogP contribution in [0.2, 0.25) is 0 Å². The molecule has 0 bridgehead atoms. The van der Waals surface area contributed by atoms with Crippen molar-refractivity contribution in [3.63, 3.8) is 0 Å². The van der Waals surface area contributed by atoms with Crippen molar-refractivity contribution in [3.8, 4) is 5.75 Å². The van der Waals surface area contributed by atoms with Crippen LogP contribution in [0.4, 0.5) is 15.8 Å². The van der Waals surface area contributed by atoms with Crippen molar-refractivity contribution in [1.29, 1.82) is 0 Å². The second-order valence-electron chi connectivity index (χ2n) is 5.04. The van der Waals surface area contributed by atoms with Gasteiger partial charge in [-0.05, 0) is 48.2 Å². The molecule has 0 spiro atoms. The summed E-state index contributed by atoms with van der Waals surface area (Å²) in [5, 5.41) is 23.6. The first-order valence-electron chi connectivity index (χ1n) is 6.57. The van der Waals surface area contributed by atoms with Crippen molar-refractivity contribution in [2.75, 3.05) is 5.32 Å². The van der Waals surface area contributed by atoms with Gasteiger partial charge in [-0.15, -0.1) is 0 Å². The van der Waals surface area contributed by atoms with E-state index in [9.17, 15) is 19.6 Å². The fourth-order valence-corrected chi connectivity index (χ4v) is 2.72. The first-order valence-corrected chi connectivity index (χ1v) is 6.57. The maximum Gasteiger partial charge on any atom is 0.295 e. The summed E-state index contributed by atoms with van der Waals surface area (Å²) in [5.74, 6) is -0.425. The second-order valence-corrected chi connectivity index (χ2v) is 5.04. The van der Waals surface area contributed by atoms with Gasteiger partial charge >= 0.3 is 0 Å². The molecule has 1 unspecified atom stereocenters. The molecule has 3 rings (SSSR count). The Hall–Kier alpha value is -2.63. The van der Waals surface area contributed by atoms with Crippen LogP contribution in [0.15, 0.2) is 36.4 Å². The van der Waals surface area contributed by atoms with Gasteiger partial charge in [-0.1, -0.05) is 6.07 Å². The van der Waals surface area contributed by atoms with Gasteiger partial charge in [0.05, 0.1) is 17.0 Å². The number of fused-ring (bicyclic) bond motifs is 1. The van der Waals surface area contributed by atoms with Crippen molar-refractivity contribution in [2.24, 2.45) is 0 Å². The summed E-state index contributed by atoms with van der Waals surface area (Å²) in [6.45, 7) is 0. The topological polar surface area (TPSA) is 75.4 Å². The fraction of sp³-hybridized carbons (Fsp3) is 0.200. The van der Waals surface area contributed by atoms with Gasteiger partial charge in [0.15, 0.2) is 0 Å². The average Bonchev–Trinajstić information content (AvgIpc) is 2.82. The van der Waals surface area contributed by atoms with Crippen LogP contribution >= 0.6 is 0 Å². The van der Waals surface area contributed by atoms with E-state index in [0.717, 1.165) is 30.0 Å². The van der Waals surface area contributed by atoms with Crippen molar-refractivity contribution in [2.45, 2.75) is 18.9 Å². The molecule has 5 nitrogen and oxygen atoms in total. The van der Waals surface area contributed by atoms with E-state index in [1.165, 1.54) is 12.1 Å². The zero-order valence-corrected chi connectivity index (χ0v) is 11.0. The molecule has 0 saturated heterocycles. The molecule has 0 aromatic heterocycles. The molecule has 0 saturated carbocycles. The summed E-state index contributed by atoms with van der Waals surface area (Å²) in [6.07, 6.45) is 1.56. The molecule has 2 aromatic carbocycles. The molecule has 0 aliphatic heterocycles. The molecule has 6 heteroatoms. The van der Waals surface area contributed by atoms with Crippen LogP contribution in [0.25, 0.3) is 0 Å². The molecule has 1 aliphatic carbocycles. The first-order chi connectivity index (χ1) is 10.0. The summed E-state index contributed by atoms with van der Waals surface area (Å²) in [5.41, 5.74) is 2.05. The van der Waals surface area contributed by atoms with E-state index in [-0.39, 0.29) is 17.5 Å². The Bertz CT molecular complexity index is 718. The van der Waals surface area contributed by atoms with Gasteiger partial charge in [0.2, 0.25) is 0 Å². The number of aromatic hydroxyl groups is 1. The van der Waals surface area contributed by atoms with Crippen molar-refractivity contribution < 1.29 is 14.4 Å². The molecular weight excluding hydrogens is 275 g/mol. The highest BCUT2D eigenvalue weighted by Gasteiger charge is 2.25. The highest BCUT2D eigenvalue weighted by molar-refractivity contribution is 5.63. The largest absolute Gasteiger partial charge is 0.508 e. The quantitative estimate of drug-likeness (QED) is 0.669. The third kappa shape index (κ3) is 2.52. The maximum atomic E-state index is 13.1. The van der Waals surface area contributed by atoms with E-state index in [0.29, 0.717) is 5.69 Å². The Labute approximate surface area is 120 Å². The van der Waals surface area contributed by atoms with Gasteiger partial charge < -0.3 is 10.4 Å². The lowest BCUT2D eigenvalue weighted by Gasteiger charge is -2.15. The number of nitrogens with zero attached hydrogens (tertiary/aromatic N) is 1. The van der Waals surface area contributed by atoms with Gasteiger partial charge in [-0.3, -0.25) is 10.1 Å². The molecule has 0 radical (unpaired) electrons. The monoisotopic (exact) mass is 288 g/mol. The predicted octanol–water partition coefficient (Wildman–Crippen LogP) is 3.54. The van der Waals surface area contributed by atoms with Crippen LogP contribution < -0.4 is 5.32 Å². The Kier molecular flexibility index (Phi) is 3.21. The van der Waals surface area contributed by atoms with Crippen LogP contribution in [-0.2, 0) is 6.42 Å². The average molecular weight is 288 g/mol. The molecule has 21 heavy (non-hydrogen) atoms. The standard InChI is InChI=1S/C15H13FN2O3/c16-10-2-6-14(15(8-10)18(20)21)17-13-5-1-9-7-11(19)3-4-12(9)13/h2-4,6-8,13,17,19H,1,5H2. The molecule has 2 aromatic rings. The Morgan fingerprint density at radius 3 is 2.86 bits per heavy atom. The highest BCUT2D eigenvalue weighted by Crippen LogP contribution is 2.37. The lowest BCUT2D eigenvalue weighted by molar-refractivity contribution is -0.384. The summed E-state index contributed by atoms with van der Waals surface area (Å²) >= 11 is 0. The number of anilines is 1. The van der Waals surface area contributed by atoms with Crippen LogP contribution in [0.3, 0.4) is 0 Å². The minimum Gasteiger partial charge on any atom is -0.508 e. The zero-order valence-electron chi connectivity index (χ0n) is 11.0. The van der Waals surface area contributed by atoms with Crippen LogP contribution in [-0.4, -0.2) is 10.0 Å². The number of aryl methyl sites for hydroxylation is 1. The number of phenolic OH excluding ortho intramolecular Hbond substituents is 1. The fourth-order valence-electron chi connectivity index (χ4n) is 2.72. The molecule has 2 N–H and O–H groups in total. The van der Waals surface area contributed by atoms with E-state index in [1.807, 2.05) is 6.07 Å². The van der Waals surface area contributed by atoms with E-state index < -0.39 is 10.7 Å². The Morgan fingerprint density at radius 2 is 2.10 bits per heavy atom. The van der Waals surface area contributed by atoms with Crippen LogP contribution in [0.5, 0.6) is 5.75 Å². The lowest BCUT2D eigenvalue weighted by atomic mass is 10.1. The minimum atomic E-state index is -0.635. The number of halogens is 1. The predicted molar refractivity (Wildman–Crippen MR) is 75.8 cm³/mol. The SMILES string of the molecule is O=[N+]([O-])c1cc(F)ccc1NC1CCc2cc(O)ccc21. The van der Waals surface area contributed by atoms with Crippen molar-refractivity contribution >= 4 is 11.4 Å². The Morgan fingerprint density at radius 1 is 1.29 bits per heavy atom. The Balaban J connectivity index is 1.91. The number of nitro groups is 1. The minimum absolute atomic E-state index is 0.0789. The number of phenols is 1. The first kappa shape index (κ1) is 13.4. The third-order valence-electron chi connectivity index (χ3n) is 3.69. The molecule has 108 valence electrons. The summed E-state index contributed by atoms with van der Waals surface area (Å²) in [7, 11) is 0. The summed E-state index contributed by atoms with van der Waals surface area (Å²) < 4.78 is 13.1. The smallest absolute Gasteiger partial charge is 0.295 e. The summed E-state index contributed by atoms with van der Waals surface area (Å²) in [4.78, 5) is 10.4. The zero-order chi connectivity index (χ0) is 15.0. The second kappa shape index (κ2) is 5.05. The lowest BCUT2D eigenvalue weighted by Crippen LogP contribution is -2.09. The highest BCUT2D eigenvalue weighted by atomic mass is 19.1. The number of rotatable bonds is 3. The van der Waals surface area contributed by atoms with E-state index in [2.05, 4.69) is 5.32 Å². The summed E-state index contributed by atoms with van der Waals surface area (Å²) in [6, 6.07) is 8.52. The van der Waals surface area contributed by atoms with Crippen LogP contribution in [0.1, 0.15) is 23.6 Å². The third-order valence-corrected chi connectivity index (χ3v) is 3.69. The number of hydrogen-bond acceptors (Lipinski definition) is 4. The van der Waals surface area contributed by atoms with Crippen LogP contribution in [0, 0.1) is 15.9 Å². The molecule has 0 fully saturated rings. The number of nitrogens with one attached hydrogen (secondary N) is 1. The van der Waals surface area contributed by atoms with Crippen molar-refractivity contribution in [3.05, 3.63) is 63.5 Å². The molecular formula is C15H13FN2O3. The normalized spacial score (nSPS) is 16.5. The number of nitro benzene ring substituents is 1. The molecule has 0 amide bonds. The van der Waals surface area contributed by atoms with Gasteiger partial charge in [-0.2, -0.15) is 0 Å². The molecule has 0 heterocycles. The number of hydrogen-bond donors (Lipinski definition) is 2. The molecule has 1 aliphatic rings. The van der Waals surface area contributed by atoms with E-state index in [1.54, 1.807) is 12.1 Å². The number of benzene rings is 2. The van der Waals surface area contributed by atoms with Gasteiger partial charge in [0.1, 0.15) is 17.3 Å². The van der Waals surface area contributed by atoms with Gasteiger partial charge in [-0.25, -0.2) is 4.39 Å². The maximum absolute atomic E-state index is 13.1. The van der Waals surface area contributed by atoms with Gasteiger partial charge in [0, 0.05) is 0 Å². The van der Waals surface area contributed by atoms with E-state index >= 15 is 0 Å².